The molecule has 3 heteroatoms. The number of amides is 1. The molecule has 0 unspecified atom stereocenters. The van der Waals surface area contributed by atoms with Gasteiger partial charge >= 0.3 is 0 Å². The highest BCUT2D eigenvalue weighted by Crippen LogP contribution is 2.40. The molecule has 0 spiro atoms. The first-order valence-electron chi connectivity index (χ1n) is 7.66. The minimum absolute atomic E-state index is 0.0182. The molecule has 1 fully saturated rings. The maximum absolute atomic E-state index is 12.3. The van der Waals surface area contributed by atoms with Crippen LogP contribution in [0.3, 0.4) is 0 Å². The van der Waals surface area contributed by atoms with Gasteiger partial charge in [0.25, 0.3) is 5.91 Å². The highest BCUT2D eigenvalue weighted by molar-refractivity contribution is 5.92. The molecule has 1 aliphatic rings. The quantitative estimate of drug-likeness (QED) is 0.917. The van der Waals surface area contributed by atoms with Gasteiger partial charge in [-0.15, -0.1) is 0 Å². The number of hydrogen-bond acceptors (Lipinski definition) is 1. The number of carbonyl (C=O) groups excluding carboxylic acids is 1. The van der Waals surface area contributed by atoms with Gasteiger partial charge in [-0.25, -0.2) is 0 Å². The highest BCUT2D eigenvalue weighted by atomic mass is 16.1. The molecule has 1 aromatic heterocycles. The van der Waals surface area contributed by atoms with Gasteiger partial charge in [0, 0.05) is 25.2 Å². The average molecular weight is 282 g/mol. The number of nitrogens with one attached hydrogen (secondary N) is 1. The second-order valence-corrected chi connectivity index (χ2v) is 6.04. The molecule has 1 heterocycles. The molecule has 0 saturated heterocycles. The van der Waals surface area contributed by atoms with E-state index in [0.29, 0.717) is 0 Å². The molecule has 0 radical (unpaired) electrons. The fourth-order valence-corrected chi connectivity index (χ4v) is 3.45. The Kier molecular flexibility index (Phi) is 3.82. The van der Waals surface area contributed by atoms with Crippen LogP contribution in [0, 0.1) is 0 Å². The van der Waals surface area contributed by atoms with Crippen molar-refractivity contribution in [1.29, 1.82) is 0 Å². The van der Waals surface area contributed by atoms with Crippen LogP contribution in [0.5, 0.6) is 0 Å². The first-order valence-corrected chi connectivity index (χ1v) is 7.66. The van der Waals surface area contributed by atoms with Crippen molar-refractivity contribution in [3.8, 4) is 0 Å². The Morgan fingerprint density at radius 3 is 2.48 bits per heavy atom. The van der Waals surface area contributed by atoms with E-state index in [0.717, 1.165) is 25.1 Å². The van der Waals surface area contributed by atoms with E-state index < -0.39 is 0 Å². The van der Waals surface area contributed by atoms with Crippen LogP contribution in [-0.2, 0) is 12.5 Å². The molecule has 1 aromatic carbocycles. The van der Waals surface area contributed by atoms with Crippen LogP contribution in [0.1, 0.15) is 41.7 Å². The van der Waals surface area contributed by atoms with Gasteiger partial charge in [0.1, 0.15) is 5.69 Å². The smallest absolute Gasteiger partial charge is 0.267 e. The summed E-state index contributed by atoms with van der Waals surface area (Å²) in [4.78, 5) is 12.3. The van der Waals surface area contributed by atoms with E-state index in [1.165, 1.54) is 18.4 Å². The SMILES string of the molecule is Cn1cccc1C(=O)NCC1(c2ccccc2)CCCC1. The lowest BCUT2D eigenvalue weighted by Gasteiger charge is -2.30. The minimum atomic E-state index is 0.0182. The summed E-state index contributed by atoms with van der Waals surface area (Å²) in [5, 5.41) is 3.15. The number of benzene rings is 1. The molecule has 0 atom stereocenters. The maximum Gasteiger partial charge on any atom is 0.267 e. The summed E-state index contributed by atoms with van der Waals surface area (Å²) in [6, 6.07) is 14.4. The lowest BCUT2D eigenvalue weighted by atomic mass is 9.79. The molecular weight excluding hydrogens is 260 g/mol. The van der Waals surface area contributed by atoms with Gasteiger partial charge < -0.3 is 9.88 Å². The highest BCUT2D eigenvalue weighted by Gasteiger charge is 2.35. The fourth-order valence-electron chi connectivity index (χ4n) is 3.45. The van der Waals surface area contributed by atoms with Crippen LogP contribution in [-0.4, -0.2) is 17.0 Å². The molecule has 1 N–H and O–H groups in total. The van der Waals surface area contributed by atoms with Crippen LogP contribution < -0.4 is 5.32 Å². The van der Waals surface area contributed by atoms with E-state index in [2.05, 4.69) is 35.6 Å². The zero-order valence-corrected chi connectivity index (χ0v) is 12.5. The largest absolute Gasteiger partial charge is 0.350 e. The van der Waals surface area contributed by atoms with Gasteiger partial charge in [0.05, 0.1) is 0 Å². The second-order valence-electron chi connectivity index (χ2n) is 6.04. The number of carbonyl (C=O) groups is 1. The van der Waals surface area contributed by atoms with Crippen molar-refractivity contribution in [2.24, 2.45) is 7.05 Å². The summed E-state index contributed by atoms with van der Waals surface area (Å²) in [7, 11) is 1.90. The summed E-state index contributed by atoms with van der Waals surface area (Å²) in [5.74, 6) is 0.0182. The molecule has 2 aromatic rings. The number of aromatic nitrogens is 1. The molecule has 3 nitrogen and oxygen atoms in total. The second kappa shape index (κ2) is 5.76. The topological polar surface area (TPSA) is 34.0 Å². The molecule has 1 aliphatic carbocycles. The zero-order chi connectivity index (χ0) is 14.7. The number of nitrogens with zero attached hydrogens (tertiary/aromatic N) is 1. The summed E-state index contributed by atoms with van der Waals surface area (Å²) in [5.41, 5.74) is 2.19. The van der Waals surface area contributed by atoms with Gasteiger partial charge in [0.15, 0.2) is 0 Å². The van der Waals surface area contributed by atoms with Crippen LogP contribution in [0.4, 0.5) is 0 Å². The monoisotopic (exact) mass is 282 g/mol. The standard InChI is InChI=1S/C18H22N2O/c1-20-13-7-10-16(20)17(21)19-14-18(11-5-6-12-18)15-8-3-2-4-9-15/h2-4,7-10,13H,5-6,11-12,14H2,1H3,(H,19,21). The van der Waals surface area contributed by atoms with Gasteiger partial charge in [-0.1, -0.05) is 43.2 Å². The first-order chi connectivity index (χ1) is 10.2. The molecule has 110 valence electrons. The van der Waals surface area contributed by atoms with Crippen molar-refractivity contribution in [2.45, 2.75) is 31.1 Å². The van der Waals surface area contributed by atoms with E-state index in [-0.39, 0.29) is 11.3 Å². The summed E-state index contributed by atoms with van der Waals surface area (Å²) < 4.78 is 1.86. The summed E-state index contributed by atoms with van der Waals surface area (Å²) in [6.45, 7) is 0.723. The number of rotatable bonds is 4. The minimum Gasteiger partial charge on any atom is -0.350 e. The van der Waals surface area contributed by atoms with E-state index in [1.807, 2.05) is 29.9 Å². The van der Waals surface area contributed by atoms with E-state index in [1.54, 1.807) is 0 Å². The number of hydrogen-bond donors (Lipinski definition) is 1. The molecule has 3 rings (SSSR count). The van der Waals surface area contributed by atoms with Crippen LogP contribution >= 0.6 is 0 Å². The fraction of sp³-hybridized carbons (Fsp3) is 0.389. The Morgan fingerprint density at radius 2 is 1.86 bits per heavy atom. The third-order valence-corrected chi connectivity index (χ3v) is 4.71. The van der Waals surface area contributed by atoms with Gasteiger partial charge in [0.2, 0.25) is 0 Å². The molecule has 1 saturated carbocycles. The normalized spacial score (nSPS) is 16.8. The predicted molar refractivity (Wildman–Crippen MR) is 84.3 cm³/mol. The molecular formula is C18H22N2O. The van der Waals surface area contributed by atoms with Crippen molar-refractivity contribution in [1.82, 2.24) is 9.88 Å². The van der Waals surface area contributed by atoms with Gasteiger partial charge in [-0.2, -0.15) is 0 Å². The van der Waals surface area contributed by atoms with E-state index >= 15 is 0 Å². The van der Waals surface area contributed by atoms with Crippen LogP contribution in [0.15, 0.2) is 48.7 Å². The molecule has 0 aliphatic heterocycles. The van der Waals surface area contributed by atoms with Crippen molar-refractivity contribution in [2.75, 3.05) is 6.54 Å². The number of aryl methyl sites for hydroxylation is 1. The van der Waals surface area contributed by atoms with Gasteiger partial charge in [-0.3, -0.25) is 4.79 Å². The lowest BCUT2D eigenvalue weighted by molar-refractivity contribution is 0.0935. The van der Waals surface area contributed by atoms with Crippen molar-refractivity contribution >= 4 is 5.91 Å². The summed E-state index contributed by atoms with van der Waals surface area (Å²) in [6.07, 6.45) is 6.70. The maximum atomic E-state index is 12.3. The Hall–Kier alpha value is -2.03. The molecule has 21 heavy (non-hydrogen) atoms. The Bertz CT molecular complexity index is 609. The third kappa shape index (κ3) is 2.73. The van der Waals surface area contributed by atoms with Crippen molar-refractivity contribution < 1.29 is 4.79 Å². The Balaban J connectivity index is 1.75. The van der Waals surface area contributed by atoms with Crippen molar-refractivity contribution in [3.63, 3.8) is 0 Å². The molecule has 1 amide bonds. The van der Waals surface area contributed by atoms with E-state index in [9.17, 15) is 4.79 Å². The lowest BCUT2D eigenvalue weighted by Crippen LogP contribution is -2.39. The third-order valence-electron chi connectivity index (χ3n) is 4.71. The Labute approximate surface area is 126 Å². The zero-order valence-electron chi connectivity index (χ0n) is 12.5. The van der Waals surface area contributed by atoms with E-state index in [4.69, 9.17) is 0 Å². The van der Waals surface area contributed by atoms with Crippen LogP contribution in [0.25, 0.3) is 0 Å². The average Bonchev–Trinajstić information content (AvgIpc) is 3.15. The van der Waals surface area contributed by atoms with Crippen molar-refractivity contribution in [3.05, 3.63) is 59.9 Å². The van der Waals surface area contributed by atoms with Gasteiger partial charge in [-0.05, 0) is 30.5 Å². The van der Waals surface area contributed by atoms with Crippen LogP contribution in [0.2, 0.25) is 0 Å². The first kappa shape index (κ1) is 13.9. The summed E-state index contributed by atoms with van der Waals surface area (Å²) >= 11 is 0. The predicted octanol–water partition coefficient (Wildman–Crippen LogP) is 3.27. The molecule has 0 bridgehead atoms. The Morgan fingerprint density at radius 1 is 1.14 bits per heavy atom.